The molecule has 0 bridgehead atoms. The average molecular weight is 178 g/mol. The number of rotatable bonds is 3. The largest absolute Gasteiger partial charge is 0.376 e. The van der Waals surface area contributed by atoms with Crippen LogP contribution in [-0.4, -0.2) is 24.3 Å². The Balaban J connectivity index is 2.49. The quantitative estimate of drug-likeness (QED) is 0.654. The molecule has 0 N–H and O–H groups in total. The first-order valence-electron chi connectivity index (χ1n) is 4.47. The van der Waals surface area contributed by atoms with E-state index in [0.717, 1.165) is 12.1 Å². The molecule has 1 rings (SSSR count). The van der Waals surface area contributed by atoms with Gasteiger partial charge in [-0.25, -0.2) is 0 Å². The Kier molecular flexibility index (Phi) is 3.07. The second-order valence-corrected chi connectivity index (χ2v) is 3.51. The van der Waals surface area contributed by atoms with Crippen LogP contribution in [0.5, 0.6) is 0 Å². The normalized spacial score (nSPS) is 17.9. The molecule has 0 aliphatic heterocycles. The van der Waals surface area contributed by atoms with Crippen molar-refractivity contribution in [3.05, 3.63) is 11.8 Å². The van der Waals surface area contributed by atoms with E-state index >= 15 is 0 Å². The zero-order chi connectivity index (χ0) is 9.84. The Bertz CT molecular complexity index is 275. The van der Waals surface area contributed by atoms with Crippen LogP contribution in [0, 0.1) is 17.2 Å². The molecule has 0 aromatic heterocycles. The van der Waals surface area contributed by atoms with Crippen molar-refractivity contribution >= 4 is 5.78 Å². The van der Waals surface area contributed by atoms with Gasteiger partial charge in [-0.3, -0.25) is 4.79 Å². The van der Waals surface area contributed by atoms with Crippen LogP contribution in [-0.2, 0) is 4.79 Å². The van der Waals surface area contributed by atoms with Gasteiger partial charge in [-0.15, -0.1) is 0 Å². The van der Waals surface area contributed by atoms with Crippen molar-refractivity contribution in [2.24, 2.45) is 5.92 Å². The summed E-state index contributed by atoms with van der Waals surface area (Å²) in [6, 6.07) is 2.18. The second-order valence-electron chi connectivity index (χ2n) is 3.51. The zero-order valence-corrected chi connectivity index (χ0v) is 8.08. The lowest BCUT2D eigenvalue weighted by Gasteiger charge is -2.20. The van der Waals surface area contributed by atoms with Gasteiger partial charge in [0.15, 0.2) is 5.78 Å². The van der Waals surface area contributed by atoms with Crippen molar-refractivity contribution < 1.29 is 4.79 Å². The van der Waals surface area contributed by atoms with Crippen molar-refractivity contribution in [2.45, 2.75) is 19.8 Å². The number of hydrogen-bond donors (Lipinski definition) is 0. The van der Waals surface area contributed by atoms with Gasteiger partial charge in [0.25, 0.3) is 0 Å². The zero-order valence-electron chi connectivity index (χ0n) is 8.08. The molecular formula is C10H14N2O. The van der Waals surface area contributed by atoms with Gasteiger partial charge in [-0.1, -0.05) is 0 Å². The molecule has 0 fully saturated rings. The molecule has 3 heteroatoms. The molecule has 1 aliphatic rings. The predicted molar refractivity (Wildman–Crippen MR) is 49.7 cm³/mol. The summed E-state index contributed by atoms with van der Waals surface area (Å²) in [7, 11) is 1.93. The summed E-state index contributed by atoms with van der Waals surface area (Å²) >= 11 is 0. The minimum absolute atomic E-state index is 0.0154. The monoisotopic (exact) mass is 178 g/mol. The first kappa shape index (κ1) is 9.79. The minimum atomic E-state index is 0.0154. The fraction of sp³-hybridized carbons (Fsp3) is 0.600. The smallest absolute Gasteiger partial charge is 0.157 e. The van der Waals surface area contributed by atoms with E-state index < -0.39 is 0 Å². The third kappa shape index (κ3) is 2.59. The molecule has 70 valence electrons. The van der Waals surface area contributed by atoms with Crippen LogP contribution < -0.4 is 0 Å². The van der Waals surface area contributed by atoms with Crippen LogP contribution in [0.4, 0.5) is 0 Å². The second kappa shape index (κ2) is 4.08. The summed E-state index contributed by atoms with van der Waals surface area (Å²) in [5.74, 6) is 0.216. The molecule has 0 radical (unpaired) electrons. The van der Waals surface area contributed by atoms with E-state index in [1.807, 2.05) is 18.9 Å². The highest BCUT2D eigenvalue weighted by Gasteiger charge is 2.16. The fourth-order valence-corrected chi connectivity index (χ4v) is 1.45. The summed E-state index contributed by atoms with van der Waals surface area (Å²) in [6.45, 7) is 2.59. The van der Waals surface area contributed by atoms with E-state index in [9.17, 15) is 4.79 Å². The van der Waals surface area contributed by atoms with Gasteiger partial charge in [0.1, 0.15) is 0 Å². The Morgan fingerprint density at radius 3 is 2.85 bits per heavy atom. The van der Waals surface area contributed by atoms with Gasteiger partial charge in [-0.2, -0.15) is 5.26 Å². The van der Waals surface area contributed by atoms with Crippen LogP contribution in [0.3, 0.4) is 0 Å². The summed E-state index contributed by atoms with van der Waals surface area (Å²) in [5.41, 5.74) is 1.06. The number of nitriles is 1. The number of allylic oxidation sites excluding steroid dienone is 2. The summed E-state index contributed by atoms with van der Waals surface area (Å²) in [5, 5.41) is 8.62. The number of hydrogen-bond acceptors (Lipinski definition) is 3. The van der Waals surface area contributed by atoms with Gasteiger partial charge < -0.3 is 4.90 Å². The molecule has 1 atom stereocenters. The van der Waals surface area contributed by atoms with Gasteiger partial charge >= 0.3 is 0 Å². The molecular weight excluding hydrogens is 164 g/mol. The molecule has 13 heavy (non-hydrogen) atoms. The molecule has 1 unspecified atom stereocenters. The van der Waals surface area contributed by atoms with Crippen molar-refractivity contribution in [1.82, 2.24) is 4.90 Å². The number of carbonyl (C=O) groups is 1. The van der Waals surface area contributed by atoms with Crippen molar-refractivity contribution in [3.8, 4) is 6.07 Å². The van der Waals surface area contributed by atoms with Gasteiger partial charge in [0.05, 0.1) is 12.0 Å². The van der Waals surface area contributed by atoms with Crippen molar-refractivity contribution in [3.63, 3.8) is 0 Å². The van der Waals surface area contributed by atoms with Crippen LogP contribution in [0.15, 0.2) is 11.8 Å². The molecule has 0 amide bonds. The van der Waals surface area contributed by atoms with Gasteiger partial charge in [0, 0.05) is 31.8 Å². The van der Waals surface area contributed by atoms with Crippen LogP contribution in [0.25, 0.3) is 0 Å². The lowest BCUT2D eigenvalue weighted by atomic mass is 10.2. The number of ketones is 1. The Morgan fingerprint density at radius 1 is 1.69 bits per heavy atom. The van der Waals surface area contributed by atoms with Crippen molar-refractivity contribution in [2.75, 3.05) is 13.6 Å². The van der Waals surface area contributed by atoms with Gasteiger partial charge in [-0.05, 0) is 13.3 Å². The molecule has 0 aromatic carbocycles. The fourth-order valence-electron chi connectivity index (χ4n) is 1.45. The predicted octanol–water partition coefficient (Wildman–Crippen LogP) is 1.32. The highest BCUT2D eigenvalue weighted by Crippen LogP contribution is 2.18. The van der Waals surface area contributed by atoms with E-state index in [1.54, 1.807) is 6.08 Å². The Morgan fingerprint density at radius 2 is 2.38 bits per heavy atom. The third-order valence-corrected chi connectivity index (χ3v) is 2.21. The molecule has 1 aliphatic carbocycles. The highest BCUT2D eigenvalue weighted by molar-refractivity contribution is 5.92. The number of carbonyl (C=O) groups excluding carboxylic acids is 1. The first-order chi connectivity index (χ1) is 6.13. The summed E-state index contributed by atoms with van der Waals surface area (Å²) < 4.78 is 0. The molecule has 3 nitrogen and oxygen atoms in total. The Hall–Kier alpha value is -1.30. The van der Waals surface area contributed by atoms with Gasteiger partial charge in [0.2, 0.25) is 0 Å². The molecule has 0 saturated heterocycles. The van der Waals surface area contributed by atoms with E-state index in [4.69, 9.17) is 5.26 Å². The maximum Gasteiger partial charge on any atom is 0.157 e. The Labute approximate surface area is 78.6 Å². The van der Waals surface area contributed by atoms with E-state index in [1.165, 1.54) is 0 Å². The molecule has 0 saturated carbocycles. The lowest BCUT2D eigenvalue weighted by molar-refractivity contribution is -0.114. The number of nitrogens with zero attached hydrogens (tertiary/aromatic N) is 2. The SMILES string of the molecule is CC(C#N)CN(C)C1=CC(=O)CC1. The lowest BCUT2D eigenvalue weighted by Crippen LogP contribution is -2.22. The molecule has 0 heterocycles. The maximum absolute atomic E-state index is 10.9. The standard InChI is InChI=1S/C10H14N2O/c1-8(6-11)7-12(2)9-3-4-10(13)5-9/h5,8H,3-4,7H2,1-2H3. The van der Waals surface area contributed by atoms with E-state index in [-0.39, 0.29) is 11.7 Å². The van der Waals surface area contributed by atoms with E-state index in [0.29, 0.717) is 13.0 Å². The van der Waals surface area contributed by atoms with Crippen LogP contribution >= 0.6 is 0 Å². The van der Waals surface area contributed by atoms with E-state index in [2.05, 4.69) is 6.07 Å². The van der Waals surface area contributed by atoms with Crippen LogP contribution in [0.1, 0.15) is 19.8 Å². The average Bonchev–Trinajstić information content (AvgIpc) is 2.51. The topological polar surface area (TPSA) is 44.1 Å². The highest BCUT2D eigenvalue weighted by atomic mass is 16.1. The maximum atomic E-state index is 10.9. The third-order valence-electron chi connectivity index (χ3n) is 2.21. The minimum Gasteiger partial charge on any atom is -0.376 e. The summed E-state index contributed by atoms with van der Waals surface area (Å²) in [4.78, 5) is 12.9. The first-order valence-corrected chi connectivity index (χ1v) is 4.47. The molecule has 0 spiro atoms. The molecule has 0 aromatic rings. The summed E-state index contributed by atoms with van der Waals surface area (Å²) in [6.07, 6.45) is 3.14. The van der Waals surface area contributed by atoms with Crippen molar-refractivity contribution in [1.29, 1.82) is 5.26 Å². The van der Waals surface area contributed by atoms with Crippen LogP contribution in [0.2, 0.25) is 0 Å².